The molecule has 0 bridgehead atoms. The summed E-state index contributed by atoms with van der Waals surface area (Å²) in [7, 11) is 0. The van der Waals surface area contributed by atoms with Crippen LogP contribution in [0.2, 0.25) is 0 Å². The topological polar surface area (TPSA) is 26.0 Å². The van der Waals surface area contributed by atoms with Gasteiger partial charge in [-0.3, -0.25) is 0 Å². The number of hydrogen-bond acceptors (Lipinski definition) is 1. The molecule has 0 heterocycles. The fourth-order valence-electron chi connectivity index (χ4n) is 0.921. The van der Waals surface area contributed by atoms with Gasteiger partial charge in [0, 0.05) is 0 Å². The molecule has 0 aromatic heterocycles. The molecule has 0 aromatic carbocycles. The molecular weight excluding hydrogens is 134 g/mol. The van der Waals surface area contributed by atoms with Gasteiger partial charge < -0.3 is 5.73 Å². The Morgan fingerprint density at radius 2 is 2.18 bits per heavy atom. The van der Waals surface area contributed by atoms with Crippen molar-refractivity contribution in [2.75, 3.05) is 6.54 Å². The molecule has 0 fully saturated rings. The normalized spacial score (nSPS) is 11.7. The summed E-state index contributed by atoms with van der Waals surface area (Å²) in [5.74, 6) is 0. The van der Waals surface area contributed by atoms with E-state index in [-0.39, 0.29) is 0 Å². The molecule has 0 saturated heterocycles. The second-order valence-corrected chi connectivity index (χ2v) is 2.91. The SMILES string of the molecule is C=C(CC)CC(C)=CCCN. The van der Waals surface area contributed by atoms with Crippen LogP contribution in [0.25, 0.3) is 0 Å². The lowest BCUT2D eigenvalue weighted by Crippen LogP contribution is -1.96. The quantitative estimate of drug-likeness (QED) is 0.604. The summed E-state index contributed by atoms with van der Waals surface area (Å²) >= 11 is 0. The van der Waals surface area contributed by atoms with Crippen molar-refractivity contribution in [2.24, 2.45) is 5.73 Å². The third-order valence-electron chi connectivity index (χ3n) is 1.69. The highest BCUT2D eigenvalue weighted by atomic mass is 14.5. The summed E-state index contributed by atoms with van der Waals surface area (Å²) in [6.45, 7) is 8.97. The lowest BCUT2D eigenvalue weighted by molar-refractivity contribution is 0.954. The minimum absolute atomic E-state index is 0.746. The predicted octanol–water partition coefficient (Wildman–Crippen LogP) is 2.64. The van der Waals surface area contributed by atoms with Crippen LogP contribution in [0.4, 0.5) is 0 Å². The van der Waals surface area contributed by atoms with Gasteiger partial charge in [0.05, 0.1) is 0 Å². The van der Waals surface area contributed by atoms with Crippen LogP contribution in [0.3, 0.4) is 0 Å². The van der Waals surface area contributed by atoms with Crippen molar-refractivity contribution in [3.63, 3.8) is 0 Å². The maximum Gasteiger partial charge on any atom is -0.00425 e. The first-order valence-corrected chi connectivity index (χ1v) is 4.23. The Morgan fingerprint density at radius 1 is 1.55 bits per heavy atom. The third-order valence-corrected chi connectivity index (χ3v) is 1.69. The predicted molar refractivity (Wildman–Crippen MR) is 51.5 cm³/mol. The molecule has 0 amide bonds. The zero-order valence-electron chi connectivity index (χ0n) is 7.69. The Bertz CT molecular complexity index is 145. The van der Waals surface area contributed by atoms with E-state index in [0.29, 0.717) is 0 Å². The highest BCUT2D eigenvalue weighted by Crippen LogP contribution is 2.11. The van der Waals surface area contributed by atoms with Gasteiger partial charge in [0.2, 0.25) is 0 Å². The van der Waals surface area contributed by atoms with E-state index in [0.717, 1.165) is 25.8 Å². The highest BCUT2D eigenvalue weighted by molar-refractivity contribution is 5.10. The third kappa shape index (κ3) is 5.86. The average molecular weight is 153 g/mol. The van der Waals surface area contributed by atoms with Crippen molar-refractivity contribution in [2.45, 2.75) is 33.1 Å². The molecule has 0 radical (unpaired) electrons. The van der Waals surface area contributed by atoms with Crippen molar-refractivity contribution in [1.82, 2.24) is 0 Å². The summed E-state index contributed by atoms with van der Waals surface area (Å²) in [6, 6.07) is 0. The summed E-state index contributed by atoms with van der Waals surface area (Å²) in [5, 5.41) is 0. The van der Waals surface area contributed by atoms with Gasteiger partial charge in [-0.25, -0.2) is 0 Å². The molecule has 0 saturated carbocycles. The number of allylic oxidation sites excluding steroid dienone is 2. The number of hydrogen-bond donors (Lipinski definition) is 1. The van der Waals surface area contributed by atoms with Gasteiger partial charge in [-0.2, -0.15) is 0 Å². The molecule has 0 aliphatic rings. The van der Waals surface area contributed by atoms with Gasteiger partial charge in [-0.1, -0.05) is 30.7 Å². The van der Waals surface area contributed by atoms with Crippen LogP contribution in [0.15, 0.2) is 23.8 Å². The summed E-state index contributed by atoms with van der Waals surface area (Å²) in [5.41, 5.74) is 8.07. The van der Waals surface area contributed by atoms with Gasteiger partial charge in [0.25, 0.3) is 0 Å². The van der Waals surface area contributed by atoms with Crippen LogP contribution < -0.4 is 5.73 Å². The van der Waals surface area contributed by atoms with E-state index in [4.69, 9.17) is 5.73 Å². The van der Waals surface area contributed by atoms with E-state index in [1.165, 1.54) is 11.1 Å². The smallest absolute Gasteiger partial charge is 0.00425 e. The molecular formula is C10H19N. The largest absolute Gasteiger partial charge is 0.330 e. The van der Waals surface area contributed by atoms with Gasteiger partial charge in [0.1, 0.15) is 0 Å². The average Bonchev–Trinajstić information content (AvgIpc) is 2.00. The van der Waals surface area contributed by atoms with Crippen molar-refractivity contribution < 1.29 is 0 Å². The highest BCUT2D eigenvalue weighted by Gasteiger charge is 1.91. The Hall–Kier alpha value is -0.560. The molecule has 0 rings (SSSR count). The Morgan fingerprint density at radius 3 is 2.64 bits per heavy atom. The van der Waals surface area contributed by atoms with Crippen LogP contribution >= 0.6 is 0 Å². The standard InChI is InChI=1S/C10H19N/c1-4-9(2)8-10(3)6-5-7-11/h6H,2,4-5,7-8,11H2,1,3H3. The summed E-state index contributed by atoms with van der Waals surface area (Å²) < 4.78 is 0. The van der Waals surface area contributed by atoms with Crippen LogP contribution in [-0.4, -0.2) is 6.54 Å². The molecule has 0 atom stereocenters. The molecule has 0 spiro atoms. The first-order chi connectivity index (χ1) is 5.20. The lowest BCUT2D eigenvalue weighted by atomic mass is 10.1. The van der Waals surface area contributed by atoms with E-state index in [2.05, 4.69) is 26.5 Å². The molecule has 11 heavy (non-hydrogen) atoms. The summed E-state index contributed by atoms with van der Waals surface area (Å²) in [4.78, 5) is 0. The molecule has 64 valence electrons. The maximum absolute atomic E-state index is 5.37. The van der Waals surface area contributed by atoms with E-state index in [9.17, 15) is 0 Å². The first-order valence-electron chi connectivity index (χ1n) is 4.23. The van der Waals surface area contributed by atoms with Crippen LogP contribution in [-0.2, 0) is 0 Å². The zero-order valence-corrected chi connectivity index (χ0v) is 7.69. The van der Waals surface area contributed by atoms with E-state index in [1.807, 2.05) is 0 Å². The van der Waals surface area contributed by atoms with Crippen molar-refractivity contribution >= 4 is 0 Å². The second kappa shape index (κ2) is 6.17. The van der Waals surface area contributed by atoms with E-state index < -0.39 is 0 Å². The zero-order chi connectivity index (χ0) is 8.69. The molecule has 0 unspecified atom stereocenters. The fourth-order valence-corrected chi connectivity index (χ4v) is 0.921. The monoisotopic (exact) mass is 153 g/mol. The van der Waals surface area contributed by atoms with Crippen LogP contribution in [0, 0.1) is 0 Å². The number of rotatable bonds is 5. The molecule has 0 aromatic rings. The molecule has 2 N–H and O–H groups in total. The second-order valence-electron chi connectivity index (χ2n) is 2.91. The fraction of sp³-hybridized carbons (Fsp3) is 0.600. The lowest BCUT2D eigenvalue weighted by Gasteiger charge is -2.01. The minimum Gasteiger partial charge on any atom is -0.330 e. The van der Waals surface area contributed by atoms with Crippen LogP contribution in [0.5, 0.6) is 0 Å². The summed E-state index contributed by atoms with van der Waals surface area (Å²) in [6.07, 6.45) is 5.30. The van der Waals surface area contributed by atoms with Crippen LogP contribution in [0.1, 0.15) is 33.1 Å². The number of nitrogens with two attached hydrogens (primary N) is 1. The van der Waals surface area contributed by atoms with Gasteiger partial charge in [-0.15, -0.1) is 0 Å². The van der Waals surface area contributed by atoms with Crippen molar-refractivity contribution in [3.05, 3.63) is 23.8 Å². The maximum atomic E-state index is 5.37. The first kappa shape index (κ1) is 10.4. The molecule has 1 nitrogen and oxygen atoms in total. The Labute approximate surface area is 70.0 Å². The van der Waals surface area contributed by atoms with Crippen molar-refractivity contribution in [3.8, 4) is 0 Å². The van der Waals surface area contributed by atoms with Gasteiger partial charge in [-0.05, 0) is 32.7 Å². The molecule has 0 aliphatic carbocycles. The Balaban J connectivity index is 3.66. The van der Waals surface area contributed by atoms with Gasteiger partial charge in [0.15, 0.2) is 0 Å². The van der Waals surface area contributed by atoms with E-state index >= 15 is 0 Å². The minimum atomic E-state index is 0.746. The van der Waals surface area contributed by atoms with E-state index in [1.54, 1.807) is 0 Å². The van der Waals surface area contributed by atoms with Crippen molar-refractivity contribution in [1.29, 1.82) is 0 Å². The Kier molecular flexibility index (Phi) is 5.86. The van der Waals surface area contributed by atoms with Gasteiger partial charge >= 0.3 is 0 Å². The molecule has 1 heteroatoms. The molecule has 0 aliphatic heterocycles.